The Labute approximate surface area is 95.9 Å². The van der Waals surface area contributed by atoms with Gasteiger partial charge in [0.25, 0.3) is 0 Å². The van der Waals surface area contributed by atoms with Gasteiger partial charge in [0.15, 0.2) is 17.5 Å². The summed E-state index contributed by atoms with van der Waals surface area (Å²) in [7, 11) is 0. The summed E-state index contributed by atoms with van der Waals surface area (Å²) < 4.78 is 39.3. The number of aromatic nitrogens is 1. The highest BCUT2D eigenvalue weighted by Crippen LogP contribution is 2.23. The van der Waals surface area contributed by atoms with Gasteiger partial charge in [-0.25, -0.2) is 13.2 Å². The Bertz CT molecular complexity index is 529. The summed E-state index contributed by atoms with van der Waals surface area (Å²) in [5.41, 5.74) is 6.01. The minimum atomic E-state index is -1.52. The standard InChI is InChI=1S/C12H9F3N2/c13-8-5-4-7(10(14)11(8)15)12(16)9-3-1-2-6-17-9/h1-6,12H,16H2. The molecular formula is C12H9F3N2. The van der Waals surface area contributed by atoms with Gasteiger partial charge in [0.2, 0.25) is 0 Å². The molecule has 0 amide bonds. The van der Waals surface area contributed by atoms with Gasteiger partial charge in [-0.2, -0.15) is 0 Å². The van der Waals surface area contributed by atoms with Crippen LogP contribution in [0.1, 0.15) is 17.3 Å². The minimum Gasteiger partial charge on any atom is -0.319 e. The average Bonchev–Trinajstić information content (AvgIpc) is 2.36. The third kappa shape index (κ3) is 2.14. The zero-order chi connectivity index (χ0) is 12.4. The first-order valence-corrected chi connectivity index (χ1v) is 4.91. The maximum absolute atomic E-state index is 13.5. The first kappa shape index (κ1) is 11.6. The van der Waals surface area contributed by atoms with E-state index in [9.17, 15) is 13.2 Å². The molecular weight excluding hydrogens is 229 g/mol. The van der Waals surface area contributed by atoms with Crippen molar-refractivity contribution >= 4 is 0 Å². The molecule has 0 aliphatic carbocycles. The molecule has 5 heteroatoms. The summed E-state index contributed by atoms with van der Waals surface area (Å²) in [5.74, 6) is -4.03. The summed E-state index contributed by atoms with van der Waals surface area (Å²) in [6.45, 7) is 0. The van der Waals surface area contributed by atoms with Crippen LogP contribution in [0.2, 0.25) is 0 Å². The van der Waals surface area contributed by atoms with Crippen molar-refractivity contribution in [2.45, 2.75) is 6.04 Å². The average molecular weight is 238 g/mol. The van der Waals surface area contributed by atoms with Gasteiger partial charge in [0.1, 0.15) is 0 Å². The van der Waals surface area contributed by atoms with Crippen molar-refractivity contribution in [3.63, 3.8) is 0 Å². The van der Waals surface area contributed by atoms with Gasteiger partial charge in [-0.05, 0) is 18.2 Å². The summed E-state index contributed by atoms with van der Waals surface area (Å²) >= 11 is 0. The molecule has 1 heterocycles. The van der Waals surface area contributed by atoms with E-state index < -0.39 is 23.5 Å². The molecule has 0 saturated heterocycles. The molecule has 2 aromatic rings. The monoisotopic (exact) mass is 238 g/mol. The number of rotatable bonds is 2. The Balaban J connectivity index is 2.45. The number of hydrogen-bond donors (Lipinski definition) is 1. The fourth-order valence-electron chi connectivity index (χ4n) is 1.50. The Kier molecular flexibility index (Phi) is 3.10. The fraction of sp³-hybridized carbons (Fsp3) is 0.0833. The largest absolute Gasteiger partial charge is 0.319 e. The maximum atomic E-state index is 13.5. The van der Waals surface area contributed by atoms with Crippen molar-refractivity contribution in [1.29, 1.82) is 0 Å². The number of benzene rings is 1. The van der Waals surface area contributed by atoms with Crippen LogP contribution in [0.4, 0.5) is 13.2 Å². The smallest absolute Gasteiger partial charge is 0.194 e. The van der Waals surface area contributed by atoms with E-state index in [2.05, 4.69) is 4.98 Å². The summed E-state index contributed by atoms with van der Waals surface area (Å²) in [5, 5.41) is 0. The molecule has 17 heavy (non-hydrogen) atoms. The first-order chi connectivity index (χ1) is 8.11. The summed E-state index contributed by atoms with van der Waals surface area (Å²) in [4.78, 5) is 3.94. The van der Waals surface area contributed by atoms with Gasteiger partial charge in [0.05, 0.1) is 11.7 Å². The molecule has 0 saturated carbocycles. The van der Waals surface area contributed by atoms with E-state index in [4.69, 9.17) is 5.73 Å². The predicted molar refractivity (Wildman–Crippen MR) is 56.6 cm³/mol. The van der Waals surface area contributed by atoms with Gasteiger partial charge >= 0.3 is 0 Å². The van der Waals surface area contributed by atoms with Crippen LogP contribution >= 0.6 is 0 Å². The van der Waals surface area contributed by atoms with Gasteiger partial charge < -0.3 is 5.73 Å². The molecule has 88 valence electrons. The molecule has 2 N–H and O–H groups in total. The zero-order valence-electron chi connectivity index (χ0n) is 8.70. The maximum Gasteiger partial charge on any atom is 0.194 e. The Morgan fingerprint density at radius 1 is 1.00 bits per heavy atom. The van der Waals surface area contributed by atoms with Gasteiger partial charge in [-0.3, -0.25) is 4.98 Å². The summed E-state index contributed by atoms with van der Waals surface area (Å²) in [6.07, 6.45) is 1.49. The number of nitrogens with zero attached hydrogens (tertiary/aromatic N) is 1. The van der Waals surface area contributed by atoms with Crippen LogP contribution in [0.15, 0.2) is 36.5 Å². The highest BCUT2D eigenvalue weighted by molar-refractivity contribution is 5.29. The molecule has 2 nitrogen and oxygen atoms in total. The van der Waals surface area contributed by atoms with E-state index in [1.54, 1.807) is 18.2 Å². The highest BCUT2D eigenvalue weighted by Gasteiger charge is 2.19. The Morgan fingerprint density at radius 2 is 1.76 bits per heavy atom. The molecule has 2 rings (SSSR count). The predicted octanol–water partition coefficient (Wildman–Crippen LogP) is 2.55. The van der Waals surface area contributed by atoms with Crippen molar-refractivity contribution in [2.24, 2.45) is 5.73 Å². The Hall–Kier alpha value is -1.88. The van der Waals surface area contributed by atoms with Crippen LogP contribution in [0.3, 0.4) is 0 Å². The molecule has 0 aliphatic heterocycles. The van der Waals surface area contributed by atoms with Gasteiger partial charge in [-0.15, -0.1) is 0 Å². The lowest BCUT2D eigenvalue weighted by Crippen LogP contribution is -2.16. The van der Waals surface area contributed by atoms with Crippen molar-refractivity contribution in [1.82, 2.24) is 4.98 Å². The molecule has 0 bridgehead atoms. The van der Waals surface area contributed by atoms with Crippen molar-refractivity contribution in [2.75, 3.05) is 0 Å². The number of halogens is 3. The van der Waals surface area contributed by atoms with E-state index in [1.807, 2.05) is 0 Å². The van der Waals surface area contributed by atoms with Crippen LogP contribution in [-0.4, -0.2) is 4.98 Å². The Morgan fingerprint density at radius 3 is 2.41 bits per heavy atom. The third-order valence-corrected chi connectivity index (χ3v) is 2.41. The number of pyridine rings is 1. The van der Waals surface area contributed by atoms with E-state index >= 15 is 0 Å². The molecule has 1 aromatic carbocycles. The molecule has 0 aliphatic rings. The lowest BCUT2D eigenvalue weighted by Gasteiger charge is -2.12. The fourth-order valence-corrected chi connectivity index (χ4v) is 1.50. The number of hydrogen-bond acceptors (Lipinski definition) is 2. The first-order valence-electron chi connectivity index (χ1n) is 4.91. The molecule has 1 unspecified atom stereocenters. The quantitative estimate of drug-likeness (QED) is 0.816. The SMILES string of the molecule is NC(c1ccccn1)c1ccc(F)c(F)c1F. The van der Waals surface area contributed by atoms with E-state index in [1.165, 1.54) is 6.20 Å². The van der Waals surface area contributed by atoms with Crippen molar-refractivity contribution in [3.05, 3.63) is 65.2 Å². The van der Waals surface area contributed by atoms with E-state index in [0.29, 0.717) is 5.69 Å². The zero-order valence-corrected chi connectivity index (χ0v) is 8.70. The molecule has 0 spiro atoms. The molecule has 0 radical (unpaired) electrons. The second-order valence-corrected chi connectivity index (χ2v) is 3.50. The number of nitrogens with two attached hydrogens (primary N) is 1. The molecule has 0 fully saturated rings. The molecule has 1 atom stereocenters. The highest BCUT2D eigenvalue weighted by atomic mass is 19.2. The van der Waals surface area contributed by atoms with Gasteiger partial charge in [-0.1, -0.05) is 12.1 Å². The van der Waals surface area contributed by atoms with Crippen LogP contribution < -0.4 is 5.73 Å². The van der Waals surface area contributed by atoms with E-state index in [-0.39, 0.29) is 5.56 Å². The minimum absolute atomic E-state index is 0.123. The van der Waals surface area contributed by atoms with Gasteiger partial charge in [0, 0.05) is 11.8 Å². The van der Waals surface area contributed by atoms with E-state index in [0.717, 1.165) is 12.1 Å². The lowest BCUT2D eigenvalue weighted by molar-refractivity contribution is 0.438. The topological polar surface area (TPSA) is 38.9 Å². The van der Waals surface area contributed by atoms with Crippen molar-refractivity contribution < 1.29 is 13.2 Å². The summed E-state index contributed by atoms with van der Waals surface area (Å²) in [6, 6.07) is 5.98. The third-order valence-electron chi connectivity index (χ3n) is 2.41. The van der Waals surface area contributed by atoms with Crippen LogP contribution in [0, 0.1) is 17.5 Å². The van der Waals surface area contributed by atoms with Crippen LogP contribution in [-0.2, 0) is 0 Å². The normalized spacial score (nSPS) is 12.5. The second kappa shape index (κ2) is 4.55. The lowest BCUT2D eigenvalue weighted by atomic mass is 10.0. The van der Waals surface area contributed by atoms with Crippen LogP contribution in [0.25, 0.3) is 0 Å². The second-order valence-electron chi connectivity index (χ2n) is 3.50. The van der Waals surface area contributed by atoms with Crippen LogP contribution in [0.5, 0.6) is 0 Å². The van der Waals surface area contributed by atoms with Crippen molar-refractivity contribution in [3.8, 4) is 0 Å². The molecule has 1 aromatic heterocycles.